The second kappa shape index (κ2) is 7.94. The first kappa shape index (κ1) is 13.8. The van der Waals surface area contributed by atoms with Crippen LogP contribution in [0.25, 0.3) is 0 Å². The molecule has 3 heteroatoms. The average molecular weight is 261 g/mol. The Hall–Kier alpha value is -0.240. The van der Waals surface area contributed by atoms with E-state index in [9.17, 15) is 0 Å². The maximum Gasteiger partial charge on any atom is 0.0731 e. The van der Waals surface area contributed by atoms with Crippen LogP contribution in [0.15, 0.2) is 24.3 Å². The Balaban J connectivity index is 2.19. The lowest BCUT2D eigenvalue weighted by Crippen LogP contribution is -2.03. The van der Waals surface area contributed by atoms with Crippen LogP contribution in [0.5, 0.6) is 0 Å². The molecule has 0 saturated heterocycles. The Kier molecular flexibility index (Phi) is 6.86. The molecule has 0 amide bonds. The van der Waals surface area contributed by atoms with E-state index in [0.717, 1.165) is 35.9 Å². The zero-order valence-electron chi connectivity index (χ0n) is 9.59. The highest BCUT2D eigenvalue weighted by Crippen LogP contribution is 2.16. The van der Waals surface area contributed by atoms with Crippen molar-refractivity contribution in [3.8, 4) is 0 Å². The van der Waals surface area contributed by atoms with E-state index >= 15 is 0 Å². The molecular formula is C13H18Cl2O. The Morgan fingerprint density at radius 1 is 1.25 bits per heavy atom. The van der Waals surface area contributed by atoms with Crippen molar-refractivity contribution in [2.24, 2.45) is 5.92 Å². The smallest absolute Gasteiger partial charge is 0.0731 e. The van der Waals surface area contributed by atoms with Gasteiger partial charge in [0.25, 0.3) is 0 Å². The minimum absolute atomic E-state index is 0.591. The van der Waals surface area contributed by atoms with Gasteiger partial charge >= 0.3 is 0 Å². The first-order chi connectivity index (χ1) is 7.74. The highest BCUT2D eigenvalue weighted by Gasteiger charge is 2.02. The second-order valence-electron chi connectivity index (χ2n) is 4.02. The Morgan fingerprint density at radius 2 is 2.00 bits per heavy atom. The highest BCUT2D eigenvalue weighted by atomic mass is 35.5. The molecule has 0 N–H and O–H groups in total. The molecular weight excluding hydrogens is 243 g/mol. The van der Waals surface area contributed by atoms with Gasteiger partial charge in [-0.05, 0) is 30.4 Å². The number of benzene rings is 1. The average Bonchev–Trinajstić information content (AvgIpc) is 2.27. The summed E-state index contributed by atoms with van der Waals surface area (Å²) in [5.74, 6) is 1.36. The molecule has 16 heavy (non-hydrogen) atoms. The van der Waals surface area contributed by atoms with Gasteiger partial charge in [-0.15, -0.1) is 11.6 Å². The van der Waals surface area contributed by atoms with Gasteiger partial charge in [0.1, 0.15) is 0 Å². The highest BCUT2D eigenvalue weighted by molar-refractivity contribution is 6.31. The molecule has 0 fully saturated rings. The SMILES string of the molecule is CC(CCCl)CCOCc1ccccc1Cl. The molecule has 0 aliphatic carbocycles. The van der Waals surface area contributed by atoms with Crippen LogP contribution in [-0.4, -0.2) is 12.5 Å². The maximum atomic E-state index is 6.02. The Bertz CT molecular complexity index is 302. The summed E-state index contributed by atoms with van der Waals surface area (Å²) in [6.45, 7) is 3.55. The molecule has 90 valence electrons. The lowest BCUT2D eigenvalue weighted by molar-refractivity contribution is 0.109. The lowest BCUT2D eigenvalue weighted by Gasteiger charge is -2.10. The third-order valence-electron chi connectivity index (χ3n) is 2.57. The van der Waals surface area contributed by atoms with Gasteiger partial charge in [-0.1, -0.05) is 36.7 Å². The summed E-state index contributed by atoms with van der Waals surface area (Å²) in [6, 6.07) is 7.77. The van der Waals surface area contributed by atoms with Crippen LogP contribution >= 0.6 is 23.2 Å². The predicted octanol–water partition coefficient (Wildman–Crippen LogP) is 4.51. The molecule has 0 spiro atoms. The molecule has 0 bridgehead atoms. The molecule has 1 nitrogen and oxygen atoms in total. The maximum absolute atomic E-state index is 6.02. The summed E-state index contributed by atoms with van der Waals surface area (Å²) in [5.41, 5.74) is 1.05. The number of rotatable bonds is 7. The fourth-order valence-electron chi connectivity index (χ4n) is 1.41. The molecule has 0 saturated carbocycles. The predicted molar refractivity (Wildman–Crippen MR) is 70.2 cm³/mol. The van der Waals surface area contributed by atoms with Crippen LogP contribution in [0.2, 0.25) is 5.02 Å². The fourth-order valence-corrected chi connectivity index (χ4v) is 1.98. The van der Waals surface area contributed by atoms with Gasteiger partial charge in [0.2, 0.25) is 0 Å². The van der Waals surface area contributed by atoms with Gasteiger partial charge in [-0.3, -0.25) is 0 Å². The van der Waals surface area contributed by atoms with Gasteiger partial charge in [-0.2, -0.15) is 0 Å². The molecule has 1 aromatic carbocycles. The number of hydrogen-bond donors (Lipinski definition) is 0. The largest absolute Gasteiger partial charge is 0.377 e. The van der Waals surface area contributed by atoms with Crippen LogP contribution in [0, 0.1) is 5.92 Å². The summed E-state index contributed by atoms with van der Waals surface area (Å²) in [7, 11) is 0. The minimum Gasteiger partial charge on any atom is -0.377 e. The molecule has 0 aliphatic heterocycles. The molecule has 0 radical (unpaired) electrons. The van der Waals surface area contributed by atoms with E-state index in [-0.39, 0.29) is 0 Å². The van der Waals surface area contributed by atoms with Crippen LogP contribution in [0.3, 0.4) is 0 Å². The molecule has 1 unspecified atom stereocenters. The third kappa shape index (κ3) is 5.20. The van der Waals surface area contributed by atoms with E-state index in [1.54, 1.807) is 0 Å². The monoisotopic (exact) mass is 260 g/mol. The van der Waals surface area contributed by atoms with Crippen molar-refractivity contribution < 1.29 is 4.74 Å². The number of hydrogen-bond acceptors (Lipinski definition) is 1. The van der Waals surface area contributed by atoms with Crippen LogP contribution < -0.4 is 0 Å². The van der Waals surface area contributed by atoms with Crippen LogP contribution in [0.4, 0.5) is 0 Å². The van der Waals surface area contributed by atoms with E-state index in [2.05, 4.69) is 6.92 Å². The summed E-state index contributed by atoms with van der Waals surface area (Å²) in [4.78, 5) is 0. The molecule has 0 heterocycles. The van der Waals surface area contributed by atoms with E-state index in [1.165, 1.54) is 0 Å². The van der Waals surface area contributed by atoms with E-state index in [1.807, 2.05) is 24.3 Å². The van der Waals surface area contributed by atoms with Crippen molar-refractivity contribution in [3.05, 3.63) is 34.9 Å². The second-order valence-corrected chi connectivity index (χ2v) is 4.80. The topological polar surface area (TPSA) is 9.23 Å². The Morgan fingerprint density at radius 3 is 2.69 bits per heavy atom. The normalized spacial score (nSPS) is 12.7. The van der Waals surface area contributed by atoms with Gasteiger partial charge in [-0.25, -0.2) is 0 Å². The van der Waals surface area contributed by atoms with Crippen molar-refractivity contribution in [2.75, 3.05) is 12.5 Å². The van der Waals surface area contributed by atoms with Crippen molar-refractivity contribution >= 4 is 23.2 Å². The van der Waals surface area contributed by atoms with Crippen LogP contribution in [0.1, 0.15) is 25.3 Å². The fraction of sp³-hybridized carbons (Fsp3) is 0.538. The van der Waals surface area contributed by atoms with Crippen molar-refractivity contribution in [1.82, 2.24) is 0 Å². The van der Waals surface area contributed by atoms with E-state index < -0.39 is 0 Å². The Labute approximate surface area is 108 Å². The van der Waals surface area contributed by atoms with Gasteiger partial charge in [0.05, 0.1) is 6.61 Å². The van der Waals surface area contributed by atoms with Crippen LogP contribution in [-0.2, 0) is 11.3 Å². The van der Waals surface area contributed by atoms with Crippen molar-refractivity contribution in [1.29, 1.82) is 0 Å². The van der Waals surface area contributed by atoms with E-state index in [4.69, 9.17) is 27.9 Å². The standard InChI is InChI=1S/C13H18Cl2O/c1-11(6-8-14)7-9-16-10-12-4-2-3-5-13(12)15/h2-5,11H,6-10H2,1H3. The number of halogens is 2. The quantitative estimate of drug-likeness (QED) is 0.518. The van der Waals surface area contributed by atoms with Crippen molar-refractivity contribution in [2.45, 2.75) is 26.4 Å². The molecule has 0 aromatic heterocycles. The molecule has 1 aromatic rings. The van der Waals surface area contributed by atoms with Gasteiger partial charge in [0, 0.05) is 17.5 Å². The van der Waals surface area contributed by atoms with Gasteiger partial charge in [0.15, 0.2) is 0 Å². The number of alkyl halides is 1. The molecule has 1 atom stereocenters. The number of ether oxygens (including phenoxy) is 1. The summed E-state index contributed by atoms with van der Waals surface area (Å²) in [5, 5.41) is 0.774. The summed E-state index contributed by atoms with van der Waals surface area (Å²) < 4.78 is 5.59. The molecule has 0 aliphatic rings. The third-order valence-corrected chi connectivity index (χ3v) is 3.16. The first-order valence-corrected chi connectivity index (χ1v) is 6.52. The lowest BCUT2D eigenvalue weighted by atomic mass is 10.1. The van der Waals surface area contributed by atoms with Crippen molar-refractivity contribution in [3.63, 3.8) is 0 Å². The summed E-state index contributed by atoms with van der Waals surface area (Å²) in [6.07, 6.45) is 2.11. The zero-order chi connectivity index (χ0) is 11.8. The first-order valence-electron chi connectivity index (χ1n) is 5.61. The molecule has 1 rings (SSSR count). The van der Waals surface area contributed by atoms with Gasteiger partial charge < -0.3 is 4.74 Å². The van der Waals surface area contributed by atoms with E-state index in [0.29, 0.717) is 12.5 Å². The minimum atomic E-state index is 0.591. The summed E-state index contributed by atoms with van der Waals surface area (Å²) >= 11 is 11.7. The zero-order valence-corrected chi connectivity index (χ0v) is 11.1.